The van der Waals surface area contributed by atoms with Gasteiger partial charge in [0.25, 0.3) is 0 Å². The van der Waals surface area contributed by atoms with Crippen molar-refractivity contribution in [1.82, 2.24) is 5.32 Å². The molecule has 1 saturated heterocycles. The van der Waals surface area contributed by atoms with Gasteiger partial charge in [0, 0.05) is 12.0 Å². The third-order valence-electron chi connectivity index (χ3n) is 3.52. The molecule has 0 amide bonds. The Bertz CT molecular complexity index is 422. The molecule has 100 valence electrons. The van der Waals surface area contributed by atoms with Crippen LogP contribution in [0.25, 0.3) is 0 Å². The van der Waals surface area contributed by atoms with E-state index in [0.717, 1.165) is 36.4 Å². The number of hydrogen-bond acceptors (Lipinski definition) is 3. The van der Waals surface area contributed by atoms with Crippen molar-refractivity contribution in [3.63, 3.8) is 0 Å². The molecule has 1 heterocycles. The van der Waals surface area contributed by atoms with E-state index in [0.29, 0.717) is 6.61 Å². The SMILES string of the molecule is COCC1(S(=O)c2cccc(C)c2)CCNCC1. The lowest BCUT2D eigenvalue weighted by Crippen LogP contribution is -2.48. The Morgan fingerprint density at radius 2 is 2.11 bits per heavy atom. The number of nitrogens with one attached hydrogen (secondary N) is 1. The van der Waals surface area contributed by atoms with Gasteiger partial charge in [-0.3, -0.25) is 4.21 Å². The summed E-state index contributed by atoms with van der Waals surface area (Å²) in [6.07, 6.45) is 1.81. The van der Waals surface area contributed by atoms with E-state index >= 15 is 0 Å². The average Bonchev–Trinajstić information content (AvgIpc) is 2.39. The van der Waals surface area contributed by atoms with Crippen LogP contribution in [0.4, 0.5) is 0 Å². The number of benzene rings is 1. The normalized spacial score (nSPS) is 20.6. The van der Waals surface area contributed by atoms with Crippen LogP contribution in [0.5, 0.6) is 0 Å². The quantitative estimate of drug-likeness (QED) is 0.905. The van der Waals surface area contributed by atoms with Crippen LogP contribution in [-0.4, -0.2) is 35.8 Å². The van der Waals surface area contributed by atoms with Crippen LogP contribution in [0.2, 0.25) is 0 Å². The van der Waals surface area contributed by atoms with Crippen molar-refractivity contribution in [2.24, 2.45) is 0 Å². The highest BCUT2D eigenvalue weighted by Crippen LogP contribution is 2.31. The standard InChI is InChI=1S/C14H21NO2S/c1-12-4-3-5-13(10-12)18(16)14(11-17-2)6-8-15-9-7-14/h3-5,10,15H,6-9,11H2,1-2H3. The van der Waals surface area contributed by atoms with Gasteiger partial charge in [0.2, 0.25) is 0 Å². The molecule has 3 nitrogen and oxygen atoms in total. The number of hydrogen-bond donors (Lipinski definition) is 1. The highest BCUT2D eigenvalue weighted by molar-refractivity contribution is 7.86. The molecule has 1 aliphatic rings. The summed E-state index contributed by atoms with van der Waals surface area (Å²) in [7, 11) is 0.688. The molecule has 18 heavy (non-hydrogen) atoms. The maximum atomic E-state index is 12.9. The fourth-order valence-electron chi connectivity index (χ4n) is 2.51. The molecule has 0 aromatic heterocycles. The maximum absolute atomic E-state index is 12.9. The van der Waals surface area contributed by atoms with Gasteiger partial charge in [-0.15, -0.1) is 0 Å². The predicted molar refractivity (Wildman–Crippen MR) is 74.3 cm³/mol. The zero-order valence-electron chi connectivity index (χ0n) is 11.1. The Hall–Kier alpha value is -0.710. The lowest BCUT2D eigenvalue weighted by atomic mass is 9.98. The lowest BCUT2D eigenvalue weighted by molar-refractivity contribution is 0.150. The van der Waals surface area contributed by atoms with Crippen LogP contribution < -0.4 is 5.32 Å². The number of methoxy groups -OCH3 is 1. The van der Waals surface area contributed by atoms with E-state index in [1.54, 1.807) is 7.11 Å². The number of aryl methyl sites for hydroxylation is 1. The van der Waals surface area contributed by atoms with Crippen molar-refractivity contribution < 1.29 is 8.95 Å². The van der Waals surface area contributed by atoms with Crippen molar-refractivity contribution in [2.45, 2.75) is 29.4 Å². The molecule has 4 heteroatoms. The summed E-state index contributed by atoms with van der Waals surface area (Å²) in [4.78, 5) is 0.925. The van der Waals surface area contributed by atoms with Crippen molar-refractivity contribution in [3.05, 3.63) is 29.8 Å². The van der Waals surface area contributed by atoms with Gasteiger partial charge in [0.15, 0.2) is 0 Å². The molecule has 0 bridgehead atoms. The van der Waals surface area contributed by atoms with Crippen LogP contribution in [0.15, 0.2) is 29.2 Å². The molecule has 1 fully saturated rings. The van der Waals surface area contributed by atoms with Gasteiger partial charge < -0.3 is 10.1 Å². The fraction of sp³-hybridized carbons (Fsp3) is 0.571. The van der Waals surface area contributed by atoms with E-state index in [9.17, 15) is 4.21 Å². The minimum absolute atomic E-state index is 0.228. The molecule has 1 N–H and O–H groups in total. The van der Waals surface area contributed by atoms with E-state index in [1.807, 2.05) is 31.2 Å². The zero-order chi connectivity index (χ0) is 13.0. The summed E-state index contributed by atoms with van der Waals surface area (Å²) in [6.45, 7) is 4.43. The molecule has 2 rings (SSSR count). The van der Waals surface area contributed by atoms with Crippen molar-refractivity contribution in [2.75, 3.05) is 26.8 Å². The summed E-state index contributed by atoms with van der Waals surface area (Å²) in [5.74, 6) is 0. The van der Waals surface area contributed by atoms with Gasteiger partial charge >= 0.3 is 0 Å². The van der Waals surface area contributed by atoms with Crippen LogP contribution in [0, 0.1) is 6.92 Å². The Morgan fingerprint density at radius 3 is 2.72 bits per heavy atom. The molecule has 0 saturated carbocycles. The van der Waals surface area contributed by atoms with Gasteiger partial charge in [-0.25, -0.2) is 0 Å². The van der Waals surface area contributed by atoms with Gasteiger partial charge in [-0.2, -0.15) is 0 Å². The number of rotatable bonds is 4. The summed E-state index contributed by atoms with van der Waals surface area (Å²) in [5.41, 5.74) is 1.15. The van der Waals surface area contributed by atoms with E-state index in [-0.39, 0.29) is 4.75 Å². The molecule has 1 aromatic carbocycles. The highest BCUT2D eigenvalue weighted by atomic mass is 32.2. The molecule has 1 aliphatic heterocycles. The second-order valence-electron chi connectivity index (χ2n) is 4.95. The fourth-order valence-corrected chi connectivity index (χ4v) is 4.30. The first-order valence-corrected chi connectivity index (χ1v) is 7.51. The van der Waals surface area contributed by atoms with Gasteiger partial charge in [-0.1, -0.05) is 12.1 Å². The summed E-state index contributed by atoms with van der Waals surface area (Å²) >= 11 is 0. The molecule has 0 radical (unpaired) electrons. The van der Waals surface area contributed by atoms with E-state index in [1.165, 1.54) is 0 Å². The third-order valence-corrected chi connectivity index (χ3v) is 5.51. The maximum Gasteiger partial charge on any atom is 0.0762 e. The van der Waals surface area contributed by atoms with Gasteiger partial charge in [0.1, 0.15) is 0 Å². The topological polar surface area (TPSA) is 38.3 Å². The molecular weight excluding hydrogens is 246 g/mol. The highest BCUT2D eigenvalue weighted by Gasteiger charge is 2.39. The van der Waals surface area contributed by atoms with Crippen LogP contribution in [-0.2, 0) is 15.5 Å². The minimum atomic E-state index is -1.00. The van der Waals surface area contributed by atoms with E-state index < -0.39 is 10.8 Å². The van der Waals surface area contributed by atoms with Crippen molar-refractivity contribution in [1.29, 1.82) is 0 Å². The summed E-state index contributed by atoms with van der Waals surface area (Å²) in [6, 6.07) is 7.99. The molecule has 0 spiro atoms. The van der Waals surface area contributed by atoms with Crippen LogP contribution in [0.1, 0.15) is 18.4 Å². The predicted octanol–water partition coefficient (Wildman–Crippen LogP) is 1.87. The molecule has 1 aromatic rings. The van der Waals surface area contributed by atoms with Crippen LogP contribution in [0.3, 0.4) is 0 Å². The van der Waals surface area contributed by atoms with Gasteiger partial charge in [-0.05, 0) is 50.6 Å². The lowest BCUT2D eigenvalue weighted by Gasteiger charge is -2.36. The second kappa shape index (κ2) is 5.95. The molecule has 0 aliphatic carbocycles. The first-order valence-electron chi connectivity index (χ1n) is 6.36. The largest absolute Gasteiger partial charge is 0.383 e. The van der Waals surface area contributed by atoms with Gasteiger partial charge in [0.05, 0.1) is 22.2 Å². The molecule has 1 atom stereocenters. The van der Waals surface area contributed by atoms with E-state index in [4.69, 9.17) is 4.74 Å². The van der Waals surface area contributed by atoms with Crippen molar-refractivity contribution in [3.8, 4) is 0 Å². The molecule has 1 unspecified atom stereocenters. The minimum Gasteiger partial charge on any atom is -0.383 e. The van der Waals surface area contributed by atoms with Crippen molar-refractivity contribution >= 4 is 10.8 Å². The Kier molecular flexibility index (Phi) is 4.54. The Balaban J connectivity index is 2.28. The Morgan fingerprint density at radius 1 is 1.39 bits per heavy atom. The third kappa shape index (κ3) is 2.82. The summed E-state index contributed by atoms with van der Waals surface area (Å²) in [5, 5.41) is 3.33. The average molecular weight is 267 g/mol. The smallest absolute Gasteiger partial charge is 0.0762 e. The number of piperidine rings is 1. The number of ether oxygens (including phenoxy) is 1. The first kappa shape index (κ1) is 13.7. The first-order chi connectivity index (χ1) is 8.68. The molecular formula is C14H21NO2S. The Labute approximate surface area is 111 Å². The zero-order valence-corrected chi connectivity index (χ0v) is 11.9. The summed E-state index contributed by atoms with van der Waals surface area (Å²) < 4.78 is 18.0. The second-order valence-corrected chi connectivity index (χ2v) is 6.83. The monoisotopic (exact) mass is 267 g/mol. The van der Waals surface area contributed by atoms with E-state index in [2.05, 4.69) is 5.32 Å². The van der Waals surface area contributed by atoms with Crippen LogP contribution >= 0.6 is 0 Å².